The minimum absolute atomic E-state index is 0.830. The topological polar surface area (TPSA) is 26.0 Å². The molecule has 0 fully saturated rings. The zero-order chi connectivity index (χ0) is 8.81. The molecule has 1 rings (SSSR count). The third kappa shape index (κ3) is 2.68. The van der Waals surface area contributed by atoms with E-state index in [9.17, 15) is 0 Å². The highest BCUT2D eigenvalue weighted by molar-refractivity contribution is 4.94. The highest BCUT2D eigenvalue weighted by Gasteiger charge is 2.01. The van der Waals surface area contributed by atoms with Gasteiger partial charge in [-0.25, -0.2) is 4.98 Å². The van der Waals surface area contributed by atoms with E-state index < -0.39 is 0 Å². The van der Waals surface area contributed by atoms with Crippen molar-refractivity contribution in [2.75, 3.05) is 0 Å². The molecular weight excluding hydrogens is 150 g/mol. The Balaban J connectivity index is 2.41. The van der Waals surface area contributed by atoms with Crippen molar-refractivity contribution in [1.29, 1.82) is 0 Å². The molecule has 0 saturated heterocycles. The Kier molecular flexibility index (Phi) is 3.85. The van der Waals surface area contributed by atoms with Gasteiger partial charge in [-0.05, 0) is 12.8 Å². The van der Waals surface area contributed by atoms with Crippen molar-refractivity contribution < 1.29 is 4.42 Å². The molecule has 0 atom stereocenters. The summed E-state index contributed by atoms with van der Waals surface area (Å²) in [6.45, 7) is 5.93. The van der Waals surface area contributed by atoms with Crippen molar-refractivity contribution in [3.8, 4) is 0 Å². The lowest BCUT2D eigenvalue weighted by Gasteiger charge is -1.92. The van der Waals surface area contributed by atoms with Crippen LogP contribution in [0.4, 0.5) is 0 Å². The average molecular weight is 166 g/mol. The lowest BCUT2D eigenvalue weighted by atomic mass is 10.2. The second kappa shape index (κ2) is 4.96. The average Bonchev–Trinajstić information content (AvgIpc) is 2.50. The van der Waals surface area contributed by atoms with Crippen LogP contribution in [-0.2, 0) is 12.8 Å². The second-order valence-corrected chi connectivity index (χ2v) is 2.93. The van der Waals surface area contributed by atoms with E-state index in [2.05, 4.69) is 18.8 Å². The minimum Gasteiger partial charge on any atom is -0.446 e. The summed E-state index contributed by atoms with van der Waals surface area (Å²) < 4.78 is 5.48. The Bertz CT molecular complexity index is 217. The summed E-state index contributed by atoms with van der Waals surface area (Å²) in [7, 11) is 0. The smallest absolute Gasteiger partial charge is 0.194 e. The van der Waals surface area contributed by atoms with Crippen molar-refractivity contribution in [2.45, 2.75) is 39.0 Å². The van der Waals surface area contributed by atoms with Crippen molar-refractivity contribution in [3.63, 3.8) is 0 Å². The maximum atomic E-state index is 5.48. The van der Waals surface area contributed by atoms with Crippen LogP contribution < -0.4 is 0 Å². The first-order valence-electron chi connectivity index (χ1n) is 4.59. The molecule has 0 aliphatic carbocycles. The first kappa shape index (κ1) is 9.30. The summed E-state index contributed by atoms with van der Waals surface area (Å²) in [5, 5.41) is 0. The van der Waals surface area contributed by atoms with Crippen LogP contribution in [-0.4, -0.2) is 4.98 Å². The van der Waals surface area contributed by atoms with Gasteiger partial charge in [-0.1, -0.05) is 20.3 Å². The third-order valence-corrected chi connectivity index (χ3v) is 1.77. The zero-order valence-corrected chi connectivity index (χ0v) is 7.68. The number of rotatable bonds is 5. The second-order valence-electron chi connectivity index (χ2n) is 2.93. The van der Waals surface area contributed by atoms with E-state index in [1.54, 1.807) is 0 Å². The van der Waals surface area contributed by atoms with E-state index in [0.717, 1.165) is 30.9 Å². The van der Waals surface area contributed by atoms with Gasteiger partial charge in [0.25, 0.3) is 0 Å². The van der Waals surface area contributed by atoms with Crippen LogP contribution in [0, 0.1) is 6.92 Å². The summed E-state index contributed by atoms with van der Waals surface area (Å²) in [5.41, 5.74) is 0. The van der Waals surface area contributed by atoms with E-state index in [1.165, 1.54) is 12.8 Å². The molecule has 2 nitrogen and oxygen atoms in total. The number of hydrogen-bond donors (Lipinski definition) is 0. The van der Waals surface area contributed by atoms with Crippen LogP contribution in [0.5, 0.6) is 0 Å². The van der Waals surface area contributed by atoms with E-state index in [0.29, 0.717) is 0 Å². The van der Waals surface area contributed by atoms with Crippen LogP contribution in [0.1, 0.15) is 37.8 Å². The van der Waals surface area contributed by atoms with Crippen LogP contribution in [0.3, 0.4) is 0 Å². The molecule has 67 valence electrons. The predicted octanol–water partition coefficient (Wildman–Crippen LogP) is 2.78. The van der Waals surface area contributed by atoms with Crippen molar-refractivity contribution in [3.05, 3.63) is 24.8 Å². The minimum atomic E-state index is 0.830. The molecule has 0 N–H and O–H groups in total. The Morgan fingerprint density at radius 3 is 3.00 bits per heavy atom. The summed E-state index contributed by atoms with van der Waals surface area (Å²) in [5.74, 6) is 1.84. The molecule has 12 heavy (non-hydrogen) atoms. The van der Waals surface area contributed by atoms with Gasteiger partial charge in [-0.2, -0.15) is 0 Å². The molecule has 1 heterocycles. The predicted molar refractivity (Wildman–Crippen MR) is 48.8 cm³/mol. The van der Waals surface area contributed by atoms with Gasteiger partial charge in [0.1, 0.15) is 5.76 Å². The van der Waals surface area contributed by atoms with Crippen LogP contribution in [0.2, 0.25) is 0 Å². The number of aromatic nitrogens is 1. The molecule has 0 aliphatic heterocycles. The fraction of sp³-hybridized carbons (Fsp3) is 0.600. The molecule has 0 saturated carbocycles. The van der Waals surface area contributed by atoms with Crippen LogP contribution >= 0.6 is 0 Å². The van der Waals surface area contributed by atoms with E-state index in [1.807, 2.05) is 6.20 Å². The van der Waals surface area contributed by atoms with Gasteiger partial charge in [0.05, 0.1) is 6.20 Å². The Hall–Kier alpha value is -0.790. The Morgan fingerprint density at radius 1 is 1.50 bits per heavy atom. The molecule has 2 heteroatoms. The monoisotopic (exact) mass is 166 g/mol. The van der Waals surface area contributed by atoms with E-state index in [4.69, 9.17) is 4.42 Å². The summed E-state index contributed by atoms with van der Waals surface area (Å²) in [6, 6.07) is 0. The maximum Gasteiger partial charge on any atom is 0.194 e. The highest BCUT2D eigenvalue weighted by Crippen LogP contribution is 2.08. The fourth-order valence-electron chi connectivity index (χ4n) is 1.08. The lowest BCUT2D eigenvalue weighted by molar-refractivity contribution is 0.449. The Labute approximate surface area is 74.0 Å². The summed E-state index contributed by atoms with van der Waals surface area (Å²) >= 11 is 0. The van der Waals surface area contributed by atoms with Crippen LogP contribution in [0.25, 0.3) is 0 Å². The molecular formula is C10H16NO. The fourth-order valence-corrected chi connectivity index (χ4v) is 1.08. The molecule has 1 radical (unpaired) electrons. The number of unbranched alkanes of at least 4 members (excludes halogenated alkanes) is 1. The van der Waals surface area contributed by atoms with Gasteiger partial charge in [-0.15, -0.1) is 0 Å². The molecule has 0 aromatic carbocycles. The highest BCUT2D eigenvalue weighted by atomic mass is 16.4. The standard InChI is InChI=1S/C10H16NO/c1-3-5-7-9-8-11-10(12-9)6-4-2/h8H,2-7H2,1H3. The Morgan fingerprint density at radius 2 is 2.33 bits per heavy atom. The summed E-state index contributed by atoms with van der Waals surface area (Å²) in [6.07, 6.45) is 6.94. The van der Waals surface area contributed by atoms with Crippen LogP contribution in [0.15, 0.2) is 10.6 Å². The normalized spacial score (nSPS) is 10.5. The quantitative estimate of drug-likeness (QED) is 0.672. The number of aryl methyl sites for hydroxylation is 2. The first-order valence-corrected chi connectivity index (χ1v) is 4.59. The number of hydrogen-bond acceptors (Lipinski definition) is 2. The van der Waals surface area contributed by atoms with Gasteiger partial charge >= 0.3 is 0 Å². The SMILES string of the molecule is [CH2]CCc1ncc(CCCC)o1. The number of nitrogens with zero attached hydrogens (tertiary/aromatic N) is 1. The molecule has 0 unspecified atom stereocenters. The summed E-state index contributed by atoms with van der Waals surface area (Å²) in [4.78, 5) is 4.15. The molecule has 0 aliphatic rings. The van der Waals surface area contributed by atoms with E-state index in [-0.39, 0.29) is 0 Å². The van der Waals surface area contributed by atoms with Gasteiger partial charge in [-0.3, -0.25) is 0 Å². The molecule has 0 bridgehead atoms. The molecule has 0 spiro atoms. The van der Waals surface area contributed by atoms with Gasteiger partial charge < -0.3 is 4.42 Å². The van der Waals surface area contributed by atoms with Crippen molar-refractivity contribution >= 4 is 0 Å². The molecule has 0 amide bonds. The largest absolute Gasteiger partial charge is 0.446 e. The van der Waals surface area contributed by atoms with E-state index >= 15 is 0 Å². The molecule has 1 aromatic rings. The molecule has 1 aromatic heterocycles. The maximum absolute atomic E-state index is 5.48. The van der Waals surface area contributed by atoms with Gasteiger partial charge in [0, 0.05) is 12.8 Å². The first-order chi connectivity index (χ1) is 5.86. The zero-order valence-electron chi connectivity index (χ0n) is 7.68. The van der Waals surface area contributed by atoms with Crippen molar-refractivity contribution in [2.24, 2.45) is 0 Å². The van der Waals surface area contributed by atoms with Crippen molar-refractivity contribution in [1.82, 2.24) is 4.98 Å². The lowest BCUT2D eigenvalue weighted by Crippen LogP contribution is -1.81. The third-order valence-electron chi connectivity index (χ3n) is 1.77. The van der Waals surface area contributed by atoms with Gasteiger partial charge in [0.15, 0.2) is 5.89 Å². The van der Waals surface area contributed by atoms with Gasteiger partial charge in [0.2, 0.25) is 0 Å². The number of oxazole rings is 1.